The average molecular weight is 298 g/mol. The van der Waals surface area contributed by atoms with Crippen LogP contribution >= 0.6 is 23.2 Å². The first-order valence-corrected chi connectivity index (χ1v) is 6.95. The molecule has 19 heavy (non-hydrogen) atoms. The summed E-state index contributed by atoms with van der Waals surface area (Å²) >= 11 is 11.9. The van der Waals surface area contributed by atoms with Crippen molar-refractivity contribution in [2.24, 2.45) is 0 Å². The molecular formula is C13H13Cl2N3O. The maximum absolute atomic E-state index is 12.2. The van der Waals surface area contributed by atoms with Crippen molar-refractivity contribution in [1.29, 1.82) is 5.41 Å². The van der Waals surface area contributed by atoms with Gasteiger partial charge in [-0.25, -0.2) is 9.69 Å². The molecule has 1 spiro atoms. The predicted octanol–water partition coefficient (Wildman–Crippen LogP) is 3.81. The van der Waals surface area contributed by atoms with Gasteiger partial charge in [0.15, 0.2) is 0 Å². The largest absolute Gasteiger partial charge is 0.328 e. The summed E-state index contributed by atoms with van der Waals surface area (Å²) in [5.74, 6) is 0.299. The lowest BCUT2D eigenvalue weighted by Gasteiger charge is -2.23. The van der Waals surface area contributed by atoms with E-state index in [0.29, 0.717) is 21.6 Å². The molecule has 3 rings (SSSR count). The molecule has 1 saturated heterocycles. The number of carbonyl (C=O) groups is 1. The quantitative estimate of drug-likeness (QED) is 0.813. The second-order valence-electron chi connectivity index (χ2n) is 5.03. The highest BCUT2D eigenvalue weighted by Gasteiger charge is 2.50. The lowest BCUT2D eigenvalue weighted by atomic mass is 9.97. The number of amides is 2. The number of amidine groups is 1. The molecule has 2 amide bonds. The van der Waals surface area contributed by atoms with Crippen LogP contribution in [-0.4, -0.2) is 17.4 Å². The first-order chi connectivity index (χ1) is 9.02. The third-order valence-electron chi connectivity index (χ3n) is 3.79. The molecule has 1 aromatic carbocycles. The maximum Gasteiger partial charge on any atom is 0.328 e. The summed E-state index contributed by atoms with van der Waals surface area (Å²) in [5.41, 5.74) is 0.0510. The van der Waals surface area contributed by atoms with E-state index >= 15 is 0 Å². The van der Waals surface area contributed by atoms with Crippen LogP contribution in [0, 0.1) is 5.41 Å². The van der Waals surface area contributed by atoms with Gasteiger partial charge in [0.1, 0.15) is 5.84 Å². The second-order valence-corrected chi connectivity index (χ2v) is 5.90. The van der Waals surface area contributed by atoms with Crippen LogP contribution in [0.1, 0.15) is 25.7 Å². The molecule has 0 unspecified atom stereocenters. The van der Waals surface area contributed by atoms with Crippen molar-refractivity contribution in [3.63, 3.8) is 0 Å². The second kappa shape index (κ2) is 4.39. The lowest BCUT2D eigenvalue weighted by Crippen LogP contribution is -2.43. The first kappa shape index (κ1) is 12.8. The Labute approximate surface area is 121 Å². The normalized spacial score (nSPS) is 21.3. The number of benzene rings is 1. The zero-order chi connectivity index (χ0) is 13.6. The van der Waals surface area contributed by atoms with Crippen LogP contribution in [0.4, 0.5) is 10.5 Å². The SMILES string of the molecule is N=C1N(c2cc(Cl)cc(Cl)c2)C(=O)NC12CCCC2. The Morgan fingerprint density at radius 1 is 1.16 bits per heavy atom. The molecule has 0 radical (unpaired) electrons. The number of carbonyl (C=O) groups excluding carboxylic acids is 1. The molecule has 6 heteroatoms. The highest BCUT2D eigenvalue weighted by Crippen LogP contribution is 2.38. The Morgan fingerprint density at radius 2 is 1.74 bits per heavy atom. The van der Waals surface area contributed by atoms with E-state index in [1.807, 2.05) is 0 Å². The number of nitrogens with one attached hydrogen (secondary N) is 2. The zero-order valence-electron chi connectivity index (χ0n) is 10.2. The smallest absolute Gasteiger partial charge is 0.325 e. The molecule has 0 atom stereocenters. The minimum atomic E-state index is -0.494. The van der Waals surface area contributed by atoms with Gasteiger partial charge in [0.05, 0.1) is 11.2 Å². The monoisotopic (exact) mass is 297 g/mol. The van der Waals surface area contributed by atoms with Crippen LogP contribution in [0.25, 0.3) is 0 Å². The van der Waals surface area contributed by atoms with E-state index in [4.69, 9.17) is 28.6 Å². The highest BCUT2D eigenvalue weighted by molar-refractivity contribution is 6.35. The van der Waals surface area contributed by atoms with Crippen molar-refractivity contribution >= 4 is 40.8 Å². The molecule has 1 aromatic rings. The third kappa shape index (κ3) is 1.99. The number of rotatable bonds is 1. The number of nitrogens with zero attached hydrogens (tertiary/aromatic N) is 1. The molecule has 1 aliphatic carbocycles. The Morgan fingerprint density at radius 3 is 2.32 bits per heavy atom. The van der Waals surface area contributed by atoms with E-state index in [1.54, 1.807) is 18.2 Å². The van der Waals surface area contributed by atoms with Crippen molar-refractivity contribution in [2.75, 3.05) is 4.90 Å². The number of hydrogen-bond donors (Lipinski definition) is 2. The molecule has 1 aliphatic heterocycles. The molecule has 0 bridgehead atoms. The molecule has 1 saturated carbocycles. The highest BCUT2D eigenvalue weighted by atomic mass is 35.5. The summed E-state index contributed by atoms with van der Waals surface area (Å²) in [6, 6.07) is 4.63. The van der Waals surface area contributed by atoms with Crippen molar-refractivity contribution in [3.05, 3.63) is 28.2 Å². The number of urea groups is 1. The van der Waals surface area contributed by atoms with E-state index in [0.717, 1.165) is 25.7 Å². The Hall–Kier alpha value is -1.26. The van der Waals surface area contributed by atoms with E-state index in [-0.39, 0.29) is 6.03 Å². The van der Waals surface area contributed by atoms with Gasteiger partial charge in [-0.1, -0.05) is 36.0 Å². The van der Waals surface area contributed by atoms with Gasteiger partial charge in [-0.15, -0.1) is 0 Å². The van der Waals surface area contributed by atoms with Crippen LogP contribution in [0.3, 0.4) is 0 Å². The van der Waals surface area contributed by atoms with E-state index in [1.165, 1.54) is 4.90 Å². The van der Waals surface area contributed by atoms with Gasteiger partial charge in [-0.05, 0) is 31.0 Å². The molecule has 1 heterocycles. The van der Waals surface area contributed by atoms with E-state index in [9.17, 15) is 4.79 Å². The predicted molar refractivity (Wildman–Crippen MR) is 76.4 cm³/mol. The Kier molecular flexibility index (Phi) is 2.95. The molecule has 2 N–H and O–H groups in total. The molecule has 4 nitrogen and oxygen atoms in total. The standard InChI is InChI=1S/C13H13Cl2N3O/c14-8-5-9(15)7-10(6-8)18-11(16)13(17-12(18)19)3-1-2-4-13/h5-7,16H,1-4H2,(H,17,19). The minimum Gasteiger partial charge on any atom is -0.325 e. The fraction of sp³-hybridized carbons (Fsp3) is 0.385. The summed E-state index contributed by atoms with van der Waals surface area (Å²) < 4.78 is 0. The van der Waals surface area contributed by atoms with Gasteiger partial charge in [-0.3, -0.25) is 5.41 Å². The summed E-state index contributed by atoms with van der Waals surface area (Å²) in [4.78, 5) is 13.5. The topological polar surface area (TPSA) is 56.2 Å². The maximum atomic E-state index is 12.2. The van der Waals surface area contributed by atoms with E-state index < -0.39 is 5.54 Å². The summed E-state index contributed by atoms with van der Waals surface area (Å²) in [5, 5.41) is 12.2. The fourth-order valence-corrected chi connectivity index (χ4v) is 3.40. The first-order valence-electron chi connectivity index (χ1n) is 6.19. The molecule has 2 aliphatic rings. The fourth-order valence-electron chi connectivity index (χ4n) is 2.89. The van der Waals surface area contributed by atoms with Crippen molar-refractivity contribution in [2.45, 2.75) is 31.2 Å². The van der Waals surface area contributed by atoms with Crippen LogP contribution in [0.2, 0.25) is 10.0 Å². The van der Waals surface area contributed by atoms with Gasteiger partial charge < -0.3 is 5.32 Å². The van der Waals surface area contributed by atoms with Crippen LogP contribution < -0.4 is 10.2 Å². The van der Waals surface area contributed by atoms with Crippen LogP contribution in [0.15, 0.2) is 18.2 Å². The van der Waals surface area contributed by atoms with Crippen LogP contribution in [0.5, 0.6) is 0 Å². The molecular weight excluding hydrogens is 285 g/mol. The lowest BCUT2D eigenvalue weighted by molar-refractivity contribution is 0.247. The van der Waals surface area contributed by atoms with Crippen LogP contribution in [-0.2, 0) is 0 Å². The number of anilines is 1. The number of halogens is 2. The summed E-state index contributed by atoms with van der Waals surface area (Å²) in [7, 11) is 0. The molecule has 100 valence electrons. The molecule has 0 aromatic heterocycles. The van der Waals surface area contributed by atoms with E-state index in [2.05, 4.69) is 5.32 Å². The van der Waals surface area contributed by atoms with Gasteiger partial charge in [-0.2, -0.15) is 0 Å². The summed E-state index contributed by atoms with van der Waals surface area (Å²) in [6.45, 7) is 0. The average Bonchev–Trinajstić information content (AvgIpc) is 2.85. The minimum absolute atomic E-state index is 0.273. The zero-order valence-corrected chi connectivity index (χ0v) is 11.7. The van der Waals surface area contributed by atoms with Crippen molar-refractivity contribution < 1.29 is 4.79 Å². The third-order valence-corrected chi connectivity index (χ3v) is 4.23. The van der Waals surface area contributed by atoms with Gasteiger partial charge in [0.2, 0.25) is 0 Å². The Bertz CT molecular complexity index is 547. The van der Waals surface area contributed by atoms with Gasteiger partial charge in [0, 0.05) is 10.0 Å². The van der Waals surface area contributed by atoms with Gasteiger partial charge >= 0.3 is 6.03 Å². The summed E-state index contributed by atoms with van der Waals surface area (Å²) in [6.07, 6.45) is 3.71. The van der Waals surface area contributed by atoms with Gasteiger partial charge in [0.25, 0.3) is 0 Å². The number of hydrogen-bond acceptors (Lipinski definition) is 2. The Balaban J connectivity index is 2.01. The van der Waals surface area contributed by atoms with Crippen molar-refractivity contribution in [1.82, 2.24) is 5.32 Å². The molecule has 2 fully saturated rings. The van der Waals surface area contributed by atoms with Crippen molar-refractivity contribution in [3.8, 4) is 0 Å².